The molecule has 0 spiro atoms. The molecule has 5 nitrogen and oxygen atoms in total. The number of aryl methyl sites for hydroxylation is 1. The SMILES string of the molecule is Cc1ccsc1C(=O)N1CC[C@@H]2[C@@H]1CC(=O)N2c1cccnc1. The van der Waals surface area contributed by atoms with Crippen molar-refractivity contribution in [3.05, 3.63) is 46.4 Å². The number of thiophene rings is 1. The number of hydrogen-bond donors (Lipinski definition) is 0. The first-order valence-electron chi connectivity index (χ1n) is 7.74. The lowest BCUT2D eigenvalue weighted by Gasteiger charge is -2.25. The summed E-state index contributed by atoms with van der Waals surface area (Å²) in [6.45, 7) is 2.66. The van der Waals surface area contributed by atoms with Gasteiger partial charge in [-0.05, 0) is 42.5 Å². The number of fused-ring (bicyclic) bond motifs is 1. The molecule has 0 unspecified atom stereocenters. The van der Waals surface area contributed by atoms with Gasteiger partial charge >= 0.3 is 0 Å². The van der Waals surface area contributed by atoms with Gasteiger partial charge < -0.3 is 9.80 Å². The van der Waals surface area contributed by atoms with E-state index < -0.39 is 0 Å². The minimum absolute atomic E-state index is 0.0308. The lowest BCUT2D eigenvalue weighted by Crippen LogP contribution is -2.40. The first kappa shape index (κ1) is 14.4. The van der Waals surface area contributed by atoms with E-state index in [-0.39, 0.29) is 23.9 Å². The average Bonchev–Trinajstić information content (AvgIpc) is 3.22. The first-order chi connectivity index (χ1) is 11.2. The molecule has 4 heterocycles. The number of nitrogens with zero attached hydrogens (tertiary/aromatic N) is 3. The van der Waals surface area contributed by atoms with Gasteiger partial charge in [0.2, 0.25) is 5.91 Å². The fourth-order valence-electron chi connectivity index (χ4n) is 3.65. The second-order valence-electron chi connectivity index (χ2n) is 6.03. The molecule has 2 atom stereocenters. The molecule has 118 valence electrons. The highest BCUT2D eigenvalue weighted by molar-refractivity contribution is 7.12. The molecule has 2 amide bonds. The van der Waals surface area contributed by atoms with Crippen molar-refractivity contribution in [1.29, 1.82) is 0 Å². The zero-order chi connectivity index (χ0) is 16.0. The summed E-state index contributed by atoms with van der Waals surface area (Å²) in [4.78, 5) is 33.9. The largest absolute Gasteiger partial charge is 0.332 e. The number of pyridine rings is 1. The van der Waals surface area contributed by atoms with Crippen molar-refractivity contribution in [2.75, 3.05) is 11.4 Å². The molecule has 6 heteroatoms. The minimum Gasteiger partial charge on any atom is -0.332 e. The summed E-state index contributed by atoms with van der Waals surface area (Å²) >= 11 is 1.48. The number of rotatable bonds is 2. The van der Waals surface area contributed by atoms with Gasteiger partial charge in [-0.2, -0.15) is 0 Å². The summed E-state index contributed by atoms with van der Waals surface area (Å²) in [6, 6.07) is 5.74. The molecule has 2 aliphatic heterocycles. The van der Waals surface area contributed by atoms with Crippen LogP contribution >= 0.6 is 11.3 Å². The predicted octanol–water partition coefficient (Wildman–Crippen LogP) is 2.47. The van der Waals surface area contributed by atoms with E-state index in [1.807, 2.05) is 40.3 Å². The molecule has 4 rings (SSSR count). The predicted molar refractivity (Wildman–Crippen MR) is 88.6 cm³/mol. The number of carbonyl (C=O) groups is 2. The Labute approximate surface area is 138 Å². The van der Waals surface area contributed by atoms with Crippen LogP contribution in [-0.2, 0) is 4.79 Å². The van der Waals surface area contributed by atoms with E-state index in [1.54, 1.807) is 12.4 Å². The third-order valence-corrected chi connectivity index (χ3v) is 5.74. The van der Waals surface area contributed by atoms with Crippen molar-refractivity contribution in [1.82, 2.24) is 9.88 Å². The summed E-state index contributed by atoms with van der Waals surface area (Å²) in [6.07, 6.45) is 4.64. The second-order valence-corrected chi connectivity index (χ2v) is 6.95. The number of likely N-dealkylation sites (tertiary alicyclic amines) is 1. The van der Waals surface area contributed by atoms with Crippen LogP contribution in [0.5, 0.6) is 0 Å². The van der Waals surface area contributed by atoms with E-state index in [4.69, 9.17) is 0 Å². The highest BCUT2D eigenvalue weighted by Gasteiger charge is 2.49. The fraction of sp³-hybridized carbons (Fsp3) is 0.353. The molecule has 2 aliphatic rings. The van der Waals surface area contributed by atoms with Crippen LogP contribution in [0.25, 0.3) is 0 Å². The van der Waals surface area contributed by atoms with Gasteiger partial charge in [0.15, 0.2) is 0 Å². The Hall–Kier alpha value is -2.21. The zero-order valence-corrected chi connectivity index (χ0v) is 13.6. The smallest absolute Gasteiger partial charge is 0.264 e. The molecular weight excluding hydrogens is 310 g/mol. The molecule has 0 bridgehead atoms. The van der Waals surface area contributed by atoms with Crippen LogP contribution in [0.4, 0.5) is 5.69 Å². The maximum atomic E-state index is 12.8. The number of aromatic nitrogens is 1. The van der Waals surface area contributed by atoms with Gasteiger partial charge in [-0.15, -0.1) is 11.3 Å². The van der Waals surface area contributed by atoms with Gasteiger partial charge in [0.1, 0.15) is 0 Å². The average molecular weight is 327 g/mol. The molecule has 2 fully saturated rings. The van der Waals surface area contributed by atoms with E-state index >= 15 is 0 Å². The minimum atomic E-state index is -0.0308. The Kier molecular flexibility index (Phi) is 3.41. The number of hydrogen-bond acceptors (Lipinski definition) is 4. The van der Waals surface area contributed by atoms with Crippen LogP contribution in [0.1, 0.15) is 28.1 Å². The van der Waals surface area contributed by atoms with Crippen LogP contribution in [0.2, 0.25) is 0 Å². The normalized spacial score (nSPS) is 23.4. The van der Waals surface area contributed by atoms with E-state index in [0.717, 1.165) is 22.5 Å². The highest BCUT2D eigenvalue weighted by atomic mass is 32.1. The van der Waals surface area contributed by atoms with Gasteiger partial charge in [0, 0.05) is 19.2 Å². The molecule has 0 saturated carbocycles. The van der Waals surface area contributed by atoms with Crippen LogP contribution in [0, 0.1) is 6.92 Å². The highest BCUT2D eigenvalue weighted by Crippen LogP contribution is 2.37. The summed E-state index contributed by atoms with van der Waals surface area (Å²) in [5.41, 5.74) is 1.84. The first-order valence-corrected chi connectivity index (χ1v) is 8.62. The van der Waals surface area contributed by atoms with E-state index in [2.05, 4.69) is 4.98 Å². The molecule has 0 N–H and O–H groups in total. The topological polar surface area (TPSA) is 53.5 Å². The van der Waals surface area contributed by atoms with Crippen molar-refractivity contribution < 1.29 is 9.59 Å². The lowest BCUT2D eigenvalue weighted by molar-refractivity contribution is -0.117. The Balaban J connectivity index is 1.61. The standard InChI is InChI=1S/C17H17N3O2S/c1-11-5-8-23-16(11)17(22)19-7-4-13-14(19)9-15(21)20(13)12-3-2-6-18-10-12/h2-3,5-6,8,10,13-14H,4,7,9H2,1H3/t13-,14+/m1/s1. The van der Waals surface area contributed by atoms with Crippen molar-refractivity contribution >= 4 is 28.8 Å². The van der Waals surface area contributed by atoms with E-state index in [0.29, 0.717) is 13.0 Å². The summed E-state index contributed by atoms with van der Waals surface area (Å²) in [7, 11) is 0. The van der Waals surface area contributed by atoms with E-state index in [1.165, 1.54) is 11.3 Å². The molecule has 0 radical (unpaired) electrons. The molecular formula is C17H17N3O2S. The van der Waals surface area contributed by atoms with Gasteiger partial charge in [-0.25, -0.2) is 0 Å². The number of anilines is 1. The number of carbonyl (C=O) groups excluding carboxylic acids is 2. The fourth-order valence-corrected chi connectivity index (χ4v) is 4.53. The maximum Gasteiger partial charge on any atom is 0.264 e. The van der Waals surface area contributed by atoms with Crippen molar-refractivity contribution in [2.45, 2.75) is 31.8 Å². The van der Waals surface area contributed by atoms with Crippen molar-refractivity contribution in [3.8, 4) is 0 Å². The molecule has 2 aromatic rings. The lowest BCUT2D eigenvalue weighted by atomic mass is 10.1. The molecule has 23 heavy (non-hydrogen) atoms. The van der Waals surface area contributed by atoms with Crippen molar-refractivity contribution in [3.63, 3.8) is 0 Å². The third-order valence-electron chi connectivity index (χ3n) is 4.74. The Bertz CT molecular complexity index is 758. The van der Waals surface area contributed by atoms with Crippen LogP contribution in [-0.4, -0.2) is 40.3 Å². The quantitative estimate of drug-likeness (QED) is 0.851. The molecule has 0 aliphatic carbocycles. The van der Waals surface area contributed by atoms with Crippen LogP contribution in [0.3, 0.4) is 0 Å². The monoisotopic (exact) mass is 327 g/mol. The maximum absolute atomic E-state index is 12.8. The summed E-state index contributed by atoms with van der Waals surface area (Å²) in [5.74, 6) is 0.138. The third kappa shape index (κ3) is 2.25. The summed E-state index contributed by atoms with van der Waals surface area (Å²) in [5, 5.41) is 1.94. The molecule has 0 aromatic carbocycles. The van der Waals surface area contributed by atoms with Crippen molar-refractivity contribution in [2.24, 2.45) is 0 Å². The Morgan fingerprint density at radius 3 is 2.91 bits per heavy atom. The Morgan fingerprint density at radius 1 is 1.35 bits per heavy atom. The van der Waals surface area contributed by atoms with Crippen LogP contribution in [0.15, 0.2) is 36.0 Å². The zero-order valence-electron chi connectivity index (χ0n) is 12.8. The van der Waals surface area contributed by atoms with Gasteiger partial charge in [-0.3, -0.25) is 14.6 Å². The van der Waals surface area contributed by atoms with Gasteiger partial charge in [0.25, 0.3) is 5.91 Å². The Morgan fingerprint density at radius 2 is 2.22 bits per heavy atom. The van der Waals surface area contributed by atoms with Crippen LogP contribution < -0.4 is 4.90 Å². The molecule has 2 saturated heterocycles. The van der Waals surface area contributed by atoms with E-state index in [9.17, 15) is 9.59 Å². The second kappa shape index (κ2) is 5.45. The summed E-state index contributed by atoms with van der Waals surface area (Å²) < 4.78 is 0. The number of amides is 2. The molecule has 2 aromatic heterocycles. The van der Waals surface area contributed by atoms with Gasteiger partial charge in [0.05, 0.1) is 28.8 Å². The van der Waals surface area contributed by atoms with Gasteiger partial charge in [-0.1, -0.05) is 0 Å².